The predicted octanol–water partition coefficient (Wildman–Crippen LogP) is 3.83. The summed E-state index contributed by atoms with van der Waals surface area (Å²) in [6.45, 7) is 3.76. The van der Waals surface area contributed by atoms with Gasteiger partial charge in [0.05, 0.1) is 28.4 Å². The number of aromatic nitrogens is 5. The Bertz CT molecular complexity index is 1550. The fourth-order valence-electron chi connectivity index (χ4n) is 4.75. The summed E-state index contributed by atoms with van der Waals surface area (Å²) >= 11 is 0. The van der Waals surface area contributed by atoms with Crippen LogP contribution < -0.4 is 5.73 Å². The van der Waals surface area contributed by atoms with Crippen molar-refractivity contribution in [2.24, 2.45) is 0 Å². The Kier molecular flexibility index (Phi) is 4.73. The number of rotatable bonds is 4. The molecule has 0 saturated carbocycles. The molecule has 1 aliphatic rings. The minimum absolute atomic E-state index is 0.252. The minimum Gasteiger partial charge on any atom is -0.383 e. The van der Waals surface area contributed by atoms with E-state index >= 15 is 0 Å². The molecule has 0 unspecified atom stereocenters. The number of H-pyrrole nitrogens is 1. The molecule has 1 atom stereocenters. The minimum atomic E-state index is -0.758. The molecule has 1 aliphatic heterocycles. The van der Waals surface area contributed by atoms with E-state index in [1.54, 1.807) is 15.4 Å². The van der Waals surface area contributed by atoms with Crippen molar-refractivity contribution >= 4 is 33.7 Å². The van der Waals surface area contributed by atoms with Crippen molar-refractivity contribution in [2.45, 2.75) is 26.1 Å². The van der Waals surface area contributed by atoms with Crippen LogP contribution in [0.1, 0.15) is 28.2 Å². The molecule has 34 heavy (non-hydrogen) atoms. The predicted molar refractivity (Wildman–Crippen MR) is 129 cm³/mol. The maximum Gasteiger partial charge on any atom is 0.267 e. The molecule has 3 N–H and O–H groups in total. The molecule has 3 aromatic heterocycles. The second-order valence-electron chi connectivity index (χ2n) is 8.88. The number of aromatic amines is 1. The van der Waals surface area contributed by atoms with Crippen LogP contribution in [-0.4, -0.2) is 54.4 Å². The van der Waals surface area contributed by atoms with Crippen LogP contribution >= 0.6 is 0 Å². The van der Waals surface area contributed by atoms with Crippen molar-refractivity contribution in [1.29, 1.82) is 0 Å². The zero-order valence-corrected chi connectivity index (χ0v) is 18.7. The average Bonchev–Trinajstić information content (AvgIpc) is 3.58. The molecule has 0 aliphatic carbocycles. The smallest absolute Gasteiger partial charge is 0.267 e. The zero-order chi connectivity index (χ0) is 23.4. The van der Waals surface area contributed by atoms with E-state index in [1.807, 2.05) is 49.4 Å². The van der Waals surface area contributed by atoms with Gasteiger partial charge in [-0.3, -0.25) is 14.3 Å². The number of likely N-dealkylation sites (tertiary alicyclic amines) is 1. The lowest BCUT2D eigenvalue weighted by atomic mass is 10.1. The van der Waals surface area contributed by atoms with Crippen molar-refractivity contribution in [1.82, 2.24) is 29.2 Å². The first-order valence-electron chi connectivity index (χ1n) is 11.3. The number of anilines is 1. The Morgan fingerprint density at radius 3 is 2.94 bits per heavy atom. The van der Waals surface area contributed by atoms with Gasteiger partial charge >= 0.3 is 0 Å². The Hall–Kier alpha value is -3.98. The summed E-state index contributed by atoms with van der Waals surface area (Å²) in [6, 6.07) is 13.6. The van der Waals surface area contributed by atoms with Gasteiger partial charge in [-0.2, -0.15) is 5.10 Å². The number of nitrogens with zero attached hydrogens (tertiary/aromatic N) is 5. The largest absolute Gasteiger partial charge is 0.383 e. The van der Waals surface area contributed by atoms with Crippen molar-refractivity contribution in [3.05, 3.63) is 71.8 Å². The maximum atomic E-state index is 13.6. The first kappa shape index (κ1) is 20.6. The highest BCUT2D eigenvalue weighted by atomic mass is 19.1. The molecule has 2 aromatic carbocycles. The van der Waals surface area contributed by atoms with E-state index in [0.29, 0.717) is 25.1 Å². The van der Waals surface area contributed by atoms with Gasteiger partial charge in [-0.05, 0) is 49.2 Å². The number of hydrogen-bond acceptors (Lipinski definition) is 5. The second-order valence-corrected chi connectivity index (χ2v) is 8.88. The lowest BCUT2D eigenvalue weighted by Gasteiger charge is -2.15. The third-order valence-corrected chi connectivity index (χ3v) is 6.46. The molecule has 0 amide bonds. The monoisotopic (exact) mass is 457 g/mol. The Balaban J connectivity index is 1.32. The van der Waals surface area contributed by atoms with Gasteiger partial charge in [0.25, 0.3) is 5.91 Å². The number of alkyl halides is 1. The third kappa shape index (κ3) is 3.45. The van der Waals surface area contributed by atoms with E-state index in [9.17, 15) is 9.18 Å². The van der Waals surface area contributed by atoms with Gasteiger partial charge in [-0.25, -0.2) is 14.1 Å². The number of carbonyl (C=O) groups is 1. The van der Waals surface area contributed by atoms with E-state index in [0.717, 1.165) is 45.6 Å². The van der Waals surface area contributed by atoms with Gasteiger partial charge < -0.3 is 10.7 Å². The van der Waals surface area contributed by atoms with Gasteiger partial charge in [0, 0.05) is 31.2 Å². The molecular weight excluding hydrogens is 433 g/mol. The zero-order valence-electron chi connectivity index (χ0n) is 18.7. The first-order chi connectivity index (χ1) is 16.5. The SMILES string of the molecule is Cc1nc2cc(-n3ncc(C(=O)n4ccc5ccc(CN6CC[C@@H](F)C6)cc54)c3N)ccc2[nH]1. The molecule has 9 heteroatoms. The first-order valence-corrected chi connectivity index (χ1v) is 11.3. The maximum absolute atomic E-state index is 13.6. The van der Waals surface area contributed by atoms with Gasteiger partial charge in [0.2, 0.25) is 0 Å². The summed E-state index contributed by atoms with van der Waals surface area (Å²) in [4.78, 5) is 23.2. The number of imidazole rings is 1. The van der Waals surface area contributed by atoms with E-state index in [1.165, 1.54) is 6.20 Å². The summed E-state index contributed by atoms with van der Waals surface area (Å²) in [7, 11) is 0. The third-order valence-electron chi connectivity index (χ3n) is 6.46. The lowest BCUT2D eigenvalue weighted by Crippen LogP contribution is -2.20. The normalized spacial score (nSPS) is 16.7. The molecule has 0 radical (unpaired) electrons. The molecule has 1 fully saturated rings. The number of benzene rings is 2. The second kappa shape index (κ2) is 7.81. The Labute approximate surface area is 194 Å². The van der Waals surface area contributed by atoms with Crippen LogP contribution in [-0.2, 0) is 6.54 Å². The van der Waals surface area contributed by atoms with Crippen LogP contribution in [0.4, 0.5) is 10.2 Å². The molecule has 0 spiro atoms. The number of aryl methyl sites for hydroxylation is 1. The quantitative estimate of drug-likeness (QED) is 0.428. The van der Waals surface area contributed by atoms with Crippen molar-refractivity contribution in [3.8, 4) is 5.69 Å². The van der Waals surface area contributed by atoms with Crippen LogP contribution in [0, 0.1) is 6.92 Å². The summed E-state index contributed by atoms with van der Waals surface area (Å²) in [5.74, 6) is 0.836. The van der Waals surface area contributed by atoms with Crippen molar-refractivity contribution in [3.63, 3.8) is 0 Å². The molecule has 1 saturated heterocycles. The van der Waals surface area contributed by atoms with E-state index in [4.69, 9.17) is 5.73 Å². The average molecular weight is 458 g/mol. The highest BCUT2D eigenvalue weighted by molar-refractivity contribution is 6.05. The molecule has 8 nitrogen and oxygen atoms in total. The van der Waals surface area contributed by atoms with Crippen molar-refractivity contribution < 1.29 is 9.18 Å². The molecular formula is C25H24FN7O. The molecule has 4 heterocycles. The number of nitrogens with two attached hydrogens (primary N) is 1. The van der Waals surface area contributed by atoms with Gasteiger partial charge in [-0.15, -0.1) is 0 Å². The highest BCUT2D eigenvalue weighted by Crippen LogP contribution is 2.25. The number of hydrogen-bond donors (Lipinski definition) is 2. The topological polar surface area (TPSA) is 97.8 Å². The van der Waals surface area contributed by atoms with Crippen LogP contribution in [0.5, 0.6) is 0 Å². The Morgan fingerprint density at radius 2 is 2.12 bits per heavy atom. The van der Waals surface area contributed by atoms with E-state index in [2.05, 4.69) is 20.0 Å². The van der Waals surface area contributed by atoms with Gasteiger partial charge in [-0.1, -0.05) is 12.1 Å². The van der Waals surface area contributed by atoms with E-state index < -0.39 is 6.17 Å². The highest BCUT2D eigenvalue weighted by Gasteiger charge is 2.23. The summed E-state index contributed by atoms with van der Waals surface area (Å²) in [6.07, 6.45) is 3.07. The fraction of sp³-hybridized carbons (Fsp3) is 0.240. The standard InChI is InChI=1S/C25H24FN7O/c1-15-29-21-5-4-19(11-22(21)30-15)33-24(27)20(12-28-33)25(34)32-9-6-17-3-2-16(10-23(17)32)13-31-8-7-18(26)14-31/h2-6,9-12,18H,7-8,13-14,27H2,1H3,(H,29,30)/t18-/m1/s1. The fourth-order valence-corrected chi connectivity index (χ4v) is 4.75. The summed E-state index contributed by atoms with van der Waals surface area (Å²) in [5.41, 5.74) is 11.0. The molecule has 172 valence electrons. The molecule has 0 bridgehead atoms. The number of nitrogens with one attached hydrogen (secondary N) is 1. The van der Waals surface area contributed by atoms with Gasteiger partial charge in [0.1, 0.15) is 23.4 Å². The van der Waals surface area contributed by atoms with Crippen LogP contribution in [0.3, 0.4) is 0 Å². The number of carbonyl (C=O) groups excluding carboxylic acids is 1. The molecule has 5 aromatic rings. The molecule has 6 rings (SSSR count). The number of fused-ring (bicyclic) bond motifs is 2. The van der Waals surface area contributed by atoms with Crippen molar-refractivity contribution in [2.75, 3.05) is 18.8 Å². The number of nitrogen functional groups attached to an aromatic ring is 1. The number of halogens is 1. The van der Waals surface area contributed by atoms with E-state index in [-0.39, 0.29) is 11.7 Å². The Morgan fingerprint density at radius 1 is 1.24 bits per heavy atom. The van der Waals surface area contributed by atoms with Gasteiger partial charge in [0.15, 0.2) is 0 Å². The van der Waals surface area contributed by atoms with Crippen LogP contribution in [0.25, 0.3) is 27.6 Å². The van der Waals surface area contributed by atoms with Crippen LogP contribution in [0.15, 0.2) is 54.9 Å². The lowest BCUT2D eigenvalue weighted by molar-refractivity contribution is 0.0966. The summed E-state index contributed by atoms with van der Waals surface area (Å²) in [5, 5.41) is 5.33. The summed E-state index contributed by atoms with van der Waals surface area (Å²) < 4.78 is 16.7. The van der Waals surface area contributed by atoms with Crippen LogP contribution in [0.2, 0.25) is 0 Å².